The normalized spacial score (nSPS) is 22.9. The van der Waals surface area contributed by atoms with Crippen molar-refractivity contribution in [2.75, 3.05) is 13.1 Å². The Morgan fingerprint density at radius 1 is 1.38 bits per heavy atom. The lowest BCUT2D eigenvalue weighted by Crippen LogP contribution is -2.48. The van der Waals surface area contributed by atoms with E-state index in [1.165, 1.54) is 0 Å². The second-order valence-electron chi connectivity index (χ2n) is 6.29. The molecule has 0 N–H and O–H groups in total. The highest BCUT2D eigenvalue weighted by Crippen LogP contribution is 2.24. The third-order valence-corrected chi connectivity index (χ3v) is 3.91. The molecule has 0 unspecified atom stereocenters. The molecule has 21 heavy (non-hydrogen) atoms. The van der Waals surface area contributed by atoms with Gasteiger partial charge in [-0.3, -0.25) is 9.48 Å². The zero-order valence-electron chi connectivity index (χ0n) is 13.4. The van der Waals surface area contributed by atoms with E-state index in [9.17, 15) is 4.79 Å². The minimum absolute atomic E-state index is 0.0440. The van der Waals surface area contributed by atoms with Crippen LogP contribution < -0.4 is 0 Å². The molecule has 5 nitrogen and oxygen atoms in total. The second-order valence-corrected chi connectivity index (χ2v) is 6.65. The van der Waals surface area contributed by atoms with Crippen molar-refractivity contribution in [1.82, 2.24) is 14.7 Å². The van der Waals surface area contributed by atoms with Crippen LogP contribution in [-0.2, 0) is 11.3 Å². The lowest BCUT2D eigenvalue weighted by Gasteiger charge is -2.35. The minimum atomic E-state index is -0.0468. The Morgan fingerprint density at radius 2 is 1.95 bits per heavy atom. The first kappa shape index (κ1) is 16.3. The van der Waals surface area contributed by atoms with Gasteiger partial charge < -0.3 is 9.64 Å². The second kappa shape index (κ2) is 6.36. The van der Waals surface area contributed by atoms with Crippen molar-refractivity contribution in [1.29, 1.82) is 0 Å². The summed E-state index contributed by atoms with van der Waals surface area (Å²) < 4.78 is 7.40. The van der Waals surface area contributed by atoms with Gasteiger partial charge in [0.25, 0.3) is 5.91 Å². The van der Waals surface area contributed by atoms with Crippen LogP contribution in [0.4, 0.5) is 0 Å². The molecule has 1 aliphatic heterocycles. The van der Waals surface area contributed by atoms with Crippen molar-refractivity contribution >= 4 is 17.5 Å². The SMILES string of the molecule is Cc1nn(CC(C)C)c(Cl)c1C(=O)N1C[C@@H](C)O[C@H](C)C1. The fourth-order valence-electron chi connectivity index (χ4n) is 2.76. The summed E-state index contributed by atoms with van der Waals surface area (Å²) in [7, 11) is 0. The first-order chi connectivity index (χ1) is 9.79. The van der Waals surface area contributed by atoms with Crippen molar-refractivity contribution in [3.8, 4) is 0 Å². The number of rotatable bonds is 3. The van der Waals surface area contributed by atoms with Crippen molar-refractivity contribution in [2.24, 2.45) is 5.92 Å². The van der Waals surface area contributed by atoms with E-state index in [1.54, 1.807) is 4.68 Å². The van der Waals surface area contributed by atoms with Gasteiger partial charge >= 0.3 is 0 Å². The lowest BCUT2D eigenvalue weighted by atomic mass is 10.1. The Hall–Kier alpha value is -1.07. The van der Waals surface area contributed by atoms with E-state index in [0.29, 0.717) is 42.0 Å². The predicted molar refractivity (Wildman–Crippen MR) is 82.7 cm³/mol. The Morgan fingerprint density at radius 3 is 2.48 bits per heavy atom. The van der Waals surface area contributed by atoms with Gasteiger partial charge in [-0.2, -0.15) is 5.10 Å². The highest BCUT2D eigenvalue weighted by molar-refractivity contribution is 6.33. The molecule has 0 bridgehead atoms. The minimum Gasteiger partial charge on any atom is -0.372 e. The average Bonchev–Trinajstić information content (AvgIpc) is 2.61. The number of morpholine rings is 1. The number of aromatic nitrogens is 2. The molecule has 0 aromatic carbocycles. The van der Waals surface area contributed by atoms with E-state index >= 15 is 0 Å². The quantitative estimate of drug-likeness (QED) is 0.862. The first-order valence-electron chi connectivity index (χ1n) is 7.47. The topological polar surface area (TPSA) is 47.4 Å². The molecular weight excluding hydrogens is 290 g/mol. The summed E-state index contributed by atoms with van der Waals surface area (Å²) in [5.74, 6) is 0.377. The third-order valence-electron chi connectivity index (χ3n) is 3.52. The van der Waals surface area contributed by atoms with Crippen LogP contribution >= 0.6 is 11.6 Å². The van der Waals surface area contributed by atoms with Gasteiger partial charge in [-0.05, 0) is 26.7 Å². The molecule has 1 aromatic rings. The average molecular weight is 314 g/mol. The Labute approximate surface area is 131 Å². The number of hydrogen-bond acceptors (Lipinski definition) is 3. The predicted octanol–water partition coefficient (Wildman–Crippen LogP) is 2.75. The summed E-state index contributed by atoms with van der Waals surface area (Å²) in [5, 5.41) is 4.85. The van der Waals surface area contributed by atoms with Gasteiger partial charge in [0.1, 0.15) is 5.15 Å². The van der Waals surface area contributed by atoms with Gasteiger partial charge in [0.05, 0.1) is 23.5 Å². The summed E-state index contributed by atoms with van der Waals surface area (Å²) in [6.07, 6.45) is 0.0879. The van der Waals surface area contributed by atoms with Gasteiger partial charge in [0.15, 0.2) is 0 Å². The zero-order valence-corrected chi connectivity index (χ0v) is 14.1. The summed E-state index contributed by atoms with van der Waals surface area (Å²) in [4.78, 5) is 14.6. The fourth-order valence-corrected chi connectivity index (χ4v) is 3.09. The molecule has 0 aliphatic carbocycles. The molecule has 1 amide bonds. The molecule has 0 spiro atoms. The van der Waals surface area contributed by atoms with Crippen molar-refractivity contribution in [2.45, 2.75) is 53.4 Å². The van der Waals surface area contributed by atoms with Gasteiger partial charge in [-0.1, -0.05) is 25.4 Å². The monoisotopic (exact) mass is 313 g/mol. The number of hydrogen-bond donors (Lipinski definition) is 0. The van der Waals surface area contributed by atoms with E-state index in [1.807, 2.05) is 25.7 Å². The van der Waals surface area contributed by atoms with Crippen molar-refractivity contribution in [3.63, 3.8) is 0 Å². The van der Waals surface area contributed by atoms with E-state index in [-0.39, 0.29) is 18.1 Å². The number of ether oxygens (including phenoxy) is 1. The summed E-state index contributed by atoms with van der Waals surface area (Å²) >= 11 is 6.38. The van der Waals surface area contributed by atoms with Gasteiger partial charge in [0, 0.05) is 19.6 Å². The molecule has 2 heterocycles. The molecule has 118 valence electrons. The van der Waals surface area contributed by atoms with Crippen molar-refractivity contribution < 1.29 is 9.53 Å². The van der Waals surface area contributed by atoms with Crippen molar-refractivity contribution in [3.05, 3.63) is 16.4 Å². The highest BCUT2D eigenvalue weighted by Gasteiger charge is 2.30. The Bertz CT molecular complexity index is 517. The van der Waals surface area contributed by atoms with Crippen LogP contribution in [-0.4, -0.2) is 45.9 Å². The fraction of sp³-hybridized carbons (Fsp3) is 0.733. The largest absolute Gasteiger partial charge is 0.372 e. The zero-order chi connectivity index (χ0) is 15.7. The van der Waals surface area contributed by atoms with Crippen LogP contribution in [0.25, 0.3) is 0 Å². The number of amides is 1. The lowest BCUT2D eigenvalue weighted by molar-refractivity contribution is -0.0586. The summed E-state index contributed by atoms with van der Waals surface area (Å²) in [6.45, 7) is 11.9. The van der Waals surface area contributed by atoms with Gasteiger partial charge in [-0.15, -0.1) is 0 Å². The van der Waals surface area contributed by atoms with Crippen LogP contribution in [0.5, 0.6) is 0 Å². The molecule has 1 aliphatic rings. The first-order valence-corrected chi connectivity index (χ1v) is 7.85. The maximum atomic E-state index is 12.8. The summed E-state index contributed by atoms with van der Waals surface area (Å²) in [6, 6.07) is 0. The van der Waals surface area contributed by atoms with E-state index in [4.69, 9.17) is 16.3 Å². The van der Waals surface area contributed by atoms with Crippen LogP contribution in [0.15, 0.2) is 0 Å². The third kappa shape index (κ3) is 3.58. The number of nitrogens with zero attached hydrogens (tertiary/aromatic N) is 3. The van der Waals surface area contributed by atoms with Gasteiger partial charge in [0.2, 0.25) is 0 Å². The Balaban J connectivity index is 2.25. The molecule has 1 saturated heterocycles. The number of carbonyl (C=O) groups is 1. The number of carbonyl (C=O) groups excluding carboxylic acids is 1. The van der Waals surface area contributed by atoms with E-state index in [2.05, 4.69) is 18.9 Å². The molecule has 6 heteroatoms. The molecule has 2 atom stereocenters. The molecule has 1 aromatic heterocycles. The number of halogens is 1. The molecule has 2 rings (SSSR count). The van der Waals surface area contributed by atoms with Crippen LogP contribution in [0.3, 0.4) is 0 Å². The maximum absolute atomic E-state index is 12.8. The standard InChI is InChI=1S/C15H24ClN3O2/c1-9(2)6-19-14(16)13(12(5)17-19)15(20)18-7-10(3)21-11(4)8-18/h9-11H,6-8H2,1-5H3/t10-,11-/m1/s1. The smallest absolute Gasteiger partial charge is 0.259 e. The van der Waals surface area contributed by atoms with Crippen LogP contribution in [0.2, 0.25) is 5.15 Å². The number of aryl methyl sites for hydroxylation is 1. The molecule has 1 fully saturated rings. The van der Waals surface area contributed by atoms with Crippen LogP contribution in [0, 0.1) is 12.8 Å². The maximum Gasteiger partial charge on any atom is 0.259 e. The highest BCUT2D eigenvalue weighted by atomic mass is 35.5. The molecule has 0 saturated carbocycles. The molecule has 0 radical (unpaired) electrons. The van der Waals surface area contributed by atoms with Crippen LogP contribution in [0.1, 0.15) is 43.7 Å². The molecular formula is C15H24ClN3O2. The van der Waals surface area contributed by atoms with Gasteiger partial charge in [-0.25, -0.2) is 0 Å². The Kier molecular flexibility index (Phi) is 4.94. The van der Waals surface area contributed by atoms with E-state index in [0.717, 1.165) is 0 Å². The summed E-state index contributed by atoms with van der Waals surface area (Å²) in [5.41, 5.74) is 1.22. The van der Waals surface area contributed by atoms with E-state index < -0.39 is 0 Å².